The van der Waals surface area contributed by atoms with Gasteiger partial charge < -0.3 is 10.5 Å². The van der Waals surface area contributed by atoms with Gasteiger partial charge in [0.15, 0.2) is 0 Å². The molecule has 1 saturated carbocycles. The van der Waals surface area contributed by atoms with E-state index in [9.17, 15) is 0 Å². The predicted molar refractivity (Wildman–Crippen MR) is 146 cm³/mol. The van der Waals surface area contributed by atoms with E-state index in [1.807, 2.05) is 18.5 Å². The van der Waals surface area contributed by atoms with Crippen molar-refractivity contribution in [1.29, 1.82) is 0 Å². The van der Waals surface area contributed by atoms with Crippen LogP contribution < -0.4 is 10.5 Å². The zero-order valence-electron chi connectivity index (χ0n) is 20.7. The van der Waals surface area contributed by atoms with E-state index in [0.29, 0.717) is 19.1 Å². The smallest absolute Gasteiger partial charge is 0.127 e. The summed E-state index contributed by atoms with van der Waals surface area (Å²) in [6.45, 7) is 7.47. The second-order valence-corrected chi connectivity index (χ2v) is 10.2. The lowest BCUT2D eigenvalue weighted by atomic mass is 9.85. The summed E-state index contributed by atoms with van der Waals surface area (Å²) < 4.78 is 6.33. The van der Waals surface area contributed by atoms with Gasteiger partial charge in [-0.1, -0.05) is 45.0 Å². The number of ether oxygens (including phenoxy) is 1. The predicted octanol–water partition coefficient (Wildman–Crippen LogP) is 6.44. The molecule has 2 aliphatic rings. The van der Waals surface area contributed by atoms with Crippen molar-refractivity contribution in [2.75, 3.05) is 6.54 Å². The fraction of sp³-hybridized carbons (Fsp3) is 0.300. The summed E-state index contributed by atoms with van der Waals surface area (Å²) in [5, 5.41) is 2.24. The first-order chi connectivity index (χ1) is 16.9. The van der Waals surface area contributed by atoms with Crippen LogP contribution in [0.15, 0.2) is 77.0 Å². The molecule has 5 nitrogen and oxygen atoms in total. The van der Waals surface area contributed by atoms with Gasteiger partial charge in [-0.05, 0) is 65.6 Å². The SMILES string of the molecule is CC(C)(C)C1=NC(c2ccc(OCc3ccnc(C(=CN=CCN)C4CC4)c3)c3ccccc23)=C1. The second kappa shape index (κ2) is 9.59. The Balaban J connectivity index is 1.37. The number of rotatable bonds is 8. The molecule has 2 N–H and O–H groups in total. The molecule has 0 radical (unpaired) electrons. The third kappa shape index (κ3) is 5.10. The zero-order chi connectivity index (χ0) is 24.4. The van der Waals surface area contributed by atoms with Crippen LogP contribution in [0.2, 0.25) is 0 Å². The molecule has 1 aromatic heterocycles. The Hall–Kier alpha value is -3.57. The standard InChI is InChI=1S/C30H32N4O/c1-30(2,3)29-17-27(34-29)23-10-11-28(24-7-5-4-6-22(23)24)35-19-20-12-14-33-26(16-20)25(21-8-9-21)18-32-15-13-31/h4-7,10-12,14-18,21H,8-9,13,19,31H2,1-3H3. The molecule has 0 spiro atoms. The average Bonchev–Trinajstić information content (AvgIpc) is 3.65. The monoisotopic (exact) mass is 464 g/mol. The molecule has 1 aliphatic carbocycles. The molecule has 35 heavy (non-hydrogen) atoms. The number of aliphatic imine (C=N–C) groups is 2. The molecule has 0 unspecified atom stereocenters. The molecule has 0 amide bonds. The number of benzene rings is 2. The van der Waals surface area contributed by atoms with Gasteiger partial charge in [-0.25, -0.2) is 0 Å². The Kier molecular flexibility index (Phi) is 6.35. The number of pyridine rings is 1. The van der Waals surface area contributed by atoms with Crippen LogP contribution in [-0.4, -0.2) is 23.5 Å². The van der Waals surface area contributed by atoms with Crippen molar-refractivity contribution in [3.63, 3.8) is 0 Å². The lowest BCUT2D eigenvalue weighted by molar-refractivity contribution is 0.310. The molecule has 2 heterocycles. The minimum atomic E-state index is 0.0665. The van der Waals surface area contributed by atoms with E-state index in [4.69, 9.17) is 15.5 Å². The summed E-state index contributed by atoms with van der Waals surface area (Å²) in [6, 6.07) is 16.7. The van der Waals surface area contributed by atoms with Gasteiger partial charge in [-0.15, -0.1) is 0 Å². The minimum absolute atomic E-state index is 0.0665. The highest BCUT2D eigenvalue weighted by atomic mass is 16.5. The number of hydrogen-bond donors (Lipinski definition) is 1. The van der Waals surface area contributed by atoms with Gasteiger partial charge >= 0.3 is 0 Å². The molecule has 5 rings (SSSR count). The molecule has 0 saturated heterocycles. The number of fused-ring (bicyclic) bond motifs is 1. The molecule has 0 bridgehead atoms. The highest BCUT2D eigenvalue weighted by Gasteiger charge is 2.28. The van der Waals surface area contributed by atoms with Gasteiger partial charge in [-0.2, -0.15) is 0 Å². The zero-order valence-corrected chi connectivity index (χ0v) is 20.7. The third-order valence-electron chi connectivity index (χ3n) is 6.40. The number of nitrogens with zero attached hydrogens (tertiary/aromatic N) is 3. The van der Waals surface area contributed by atoms with Crippen molar-refractivity contribution in [2.45, 2.75) is 40.2 Å². The van der Waals surface area contributed by atoms with E-state index in [2.05, 4.69) is 79.3 Å². The van der Waals surface area contributed by atoms with Crippen LogP contribution in [0.3, 0.4) is 0 Å². The van der Waals surface area contributed by atoms with Gasteiger partial charge in [-0.3, -0.25) is 15.0 Å². The Bertz CT molecular complexity index is 1370. The Labute approximate surface area is 207 Å². The van der Waals surface area contributed by atoms with Gasteiger partial charge in [0.25, 0.3) is 0 Å². The second-order valence-electron chi connectivity index (χ2n) is 10.2. The van der Waals surface area contributed by atoms with E-state index in [0.717, 1.165) is 44.8 Å². The van der Waals surface area contributed by atoms with Crippen molar-refractivity contribution in [1.82, 2.24) is 4.98 Å². The first-order valence-corrected chi connectivity index (χ1v) is 12.3. The summed E-state index contributed by atoms with van der Waals surface area (Å²) in [7, 11) is 0. The molecular formula is C30H32N4O. The topological polar surface area (TPSA) is 72.9 Å². The molecule has 1 fully saturated rings. The van der Waals surface area contributed by atoms with E-state index in [1.54, 1.807) is 6.21 Å². The minimum Gasteiger partial charge on any atom is -0.488 e. The maximum atomic E-state index is 6.33. The van der Waals surface area contributed by atoms with Gasteiger partial charge in [0.2, 0.25) is 0 Å². The van der Waals surface area contributed by atoms with Crippen LogP contribution in [0.4, 0.5) is 0 Å². The molecule has 5 heteroatoms. The van der Waals surface area contributed by atoms with Crippen LogP contribution in [0.5, 0.6) is 5.75 Å². The van der Waals surface area contributed by atoms with Crippen LogP contribution in [0.25, 0.3) is 22.0 Å². The highest BCUT2D eigenvalue weighted by molar-refractivity contribution is 6.15. The molecule has 3 aromatic rings. The summed E-state index contributed by atoms with van der Waals surface area (Å²) in [5.41, 5.74) is 12.1. The van der Waals surface area contributed by atoms with Crippen LogP contribution in [0.1, 0.15) is 50.4 Å². The van der Waals surface area contributed by atoms with Gasteiger partial charge in [0, 0.05) is 47.2 Å². The van der Waals surface area contributed by atoms with Crippen LogP contribution in [-0.2, 0) is 6.61 Å². The molecule has 1 aliphatic heterocycles. The van der Waals surface area contributed by atoms with E-state index in [1.165, 1.54) is 18.4 Å². The van der Waals surface area contributed by atoms with Crippen LogP contribution >= 0.6 is 0 Å². The number of allylic oxidation sites excluding steroid dienone is 2. The average molecular weight is 465 g/mol. The quantitative estimate of drug-likeness (QED) is 0.390. The Morgan fingerprint density at radius 2 is 1.89 bits per heavy atom. The number of hydrogen-bond acceptors (Lipinski definition) is 5. The molecule has 2 aromatic carbocycles. The van der Waals surface area contributed by atoms with Crippen LogP contribution in [0, 0.1) is 11.3 Å². The maximum Gasteiger partial charge on any atom is 0.127 e. The van der Waals surface area contributed by atoms with Crippen molar-refractivity contribution in [3.8, 4) is 5.75 Å². The normalized spacial score (nSPS) is 16.3. The molecule has 0 atom stereocenters. The van der Waals surface area contributed by atoms with Crippen molar-refractivity contribution in [3.05, 3.63) is 83.8 Å². The van der Waals surface area contributed by atoms with E-state index >= 15 is 0 Å². The van der Waals surface area contributed by atoms with Crippen molar-refractivity contribution < 1.29 is 4.74 Å². The van der Waals surface area contributed by atoms with E-state index in [-0.39, 0.29) is 5.41 Å². The highest BCUT2D eigenvalue weighted by Crippen LogP contribution is 2.41. The number of nitrogens with two attached hydrogens (primary N) is 1. The number of aromatic nitrogens is 1. The maximum absolute atomic E-state index is 6.33. The first-order valence-electron chi connectivity index (χ1n) is 12.3. The summed E-state index contributed by atoms with van der Waals surface area (Å²) >= 11 is 0. The molecule has 178 valence electrons. The fourth-order valence-corrected chi connectivity index (χ4v) is 4.25. The Morgan fingerprint density at radius 1 is 1.11 bits per heavy atom. The fourth-order valence-electron chi connectivity index (χ4n) is 4.25. The van der Waals surface area contributed by atoms with Gasteiger partial charge in [0.1, 0.15) is 12.4 Å². The van der Waals surface area contributed by atoms with Crippen molar-refractivity contribution in [2.24, 2.45) is 27.1 Å². The lowest BCUT2D eigenvalue weighted by Gasteiger charge is -2.26. The Morgan fingerprint density at radius 3 is 2.60 bits per heavy atom. The third-order valence-corrected chi connectivity index (χ3v) is 6.40. The van der Waals surface area contributed by atoms with Crippen molar-refractivity contribution >= 4 is 34.0 Å². The van der Waals surface area contributed by atoms with Gasteiger partial charge in [0.05, 0.1) is 11.4 Å². The lowest BCUT2D eigenvalue weighted by Crippen LogP contribution is -2.22. The molecular weight excluding hydrogens is 432 g/mol. The summed E-state index contributed by atoms with van der Waals surface area (Å²) in [5.74, 6) is 1.40. The first kappa shape index (κ1) is 23.2. The largest absolute Gasteiger partial charge is 0.488 e. The summed E-state index contributed by atoms with van der Waals surface area (Å²) in [6.07, 6.45) is 10.0. The summed E-state index contributed by atoms with van der Waals surface area (Å²) in [4.78, 5) is 13.8. The van der Waals surface area contributed by atoms with E-state index < -0.39 is 0 Å².